The largest absolute Gasteiger partial charge is 0.300 e. The summed E-state index contributed by atoms with van der Waals surface area (Å²) < 4.78 is 0. The molecule has 1 nitrogen and oxygen atoms in total. The van der Waals surface area contributed by atoms with Crippen LogP contribution in [0.4, 0.5) is 0 Å². The van der Waals surface area contributed by atoms with E-state index in [0.29, 0.717) is 0 Å². The van der Waals surface area contributed by atoms with E-state index in [1.165, 1.54) is 58.0 Å². The molecule has 1 heteroatoms. The normalized spacial score (nSPS) is 30.2. The molecule has 1 aromatic rings. The molecule has 0 N–H and O–H groups in total. The maximum Gasteiger partial charge on any atom is 0.0164 e. The molecule has 98 valence electrons. The van der Waals surface area contributed by atoms with Gasteiger partial charge in [0.2, 0.25) is 0 Å². The van der Waals surface area contributed by atoms with Crippen molar-refractivity contribution in [3.8, 4) is 0 Å². The number of rotatable bonds is 2. The highest BCUT2D eigenvalue weighted by molar-refractivity contribution is 5.22. The summed E-state index contributed by atoms with van der Waals surface area (Å²) in [6, 6.07) is 12.1. The third kappa shape index (κ3) is 2.61. The van der Waals surface area contributed by atoms with Gasteiger partial charge >= 0.3 is 0 Å². The number of benzene rings is 1. The molecule has 3 rings (SSSR count). The lowest BCUT2D eigenvalue weighted by molar-refractivity contribution is 0.113. The number of piperidine rings is 1. The average molecular weight is 243 g/mol. The van der Waals surface area contributed by atoms with Crippen LogP contribution in [0.3, 0.4) is 0 Å². The van der Waals surface area contributed by atoms with Gasteiger partial charge in [0.25, 0.3) is 0 Å². The third-order valence-electron chi connectivity index (χ3n) is 4.82. The van der Waals surface area contributed by atoms with Crippen molar-refractivity contribution >= 4 is 0 Å². The van der Waals surface area contributed by atoms with Crippen LogP contribution in [0.5, 0.6) is 0 Å². The number of hydrogen-bond donors (Lipinski definition) is 0. The van der Waals surface area contributed by atoms with Gasteiger partial charge in [0.15, 0.2) is 0 Å². The second-order valence-corrected chi connectivity index (χ2v) is 5.97. The summed E-state index contributed by atoms with van der Waals surface area (Å²) in [4.78, 5) is 2.79. The Morgan fingerprint density at radius 1 is 0.778 bits per heavy atom. The summed E-state index contributed by atoms with van der Waals surface area (Å²) in [7, 11) is 0. The standard InChI is InChI=1S/C17H25N/c1-3-9-15(10-4-1)16-11-5-6-12-17(16)18-13-7-2-8-14-18/h1,3-4,9-10,16-17H,2,5-8,11-14H2/t16-,17-/m0/s1. The van der Waals surface area contributed by atoms with Gasteiger partial charge in [-0.15, -0.1) is 0 Å². The molecule has 0 aromatic heterocycles. The van der Waals surface area contributed by atoms with Gasteiger partial charge in [-0.1, -0.05) is 49.6 Å². The van der Waals surface area contributed by atoms with E-state index in [-0.39, 0.29) is 0 Å². The smallest absolute Gasteiger partial charge is 0.0164 e. The molecule has 0 unspecified atom stereocenters. The Morgan fingerprint density at radius 3 is 2.28 bits per heavy atom. The fourth-order valence-corrected chi connectivity index (χ4v) is 3.89. The maximum atomic E-state index is 2.79. The van der Waals surface area contributed by atoms with Gasteiger partial charge in [-0.05, 0) is 50.3 Å². The van der Waals surface area contributed by atoms with Crippen molar-refractivity contribution in [2.45, 2.75) is 56.9 Å². The van der Waals surface area contributed by atoms with Gasteiger partial charge in [-0.25, -0.2) is 0 Å². The minimum absolute atomic E-state index is 0.790. The van der Waals surface area contributed by atoms with Crippen molar-refractivity contribution < 1.29 is 0 Å². The second kappa shape index (κ2) is 5.88. The lowest BCUT2D eigenvalue weighted by Crippen LogP contribution is -2.44. The van der Waals surface area contributed by atoms with Gasteiger partial charge in [-0.2, -0.15) is 0 Å². The molecule has 1 heterocycles. The lowest BCUT2D eigenvalue weighted by Gasteiger charge is -2.42. The van der Waals surface area contributed by atoms with E-state index in [9.17, 15) is 0 Å². The number of hydrogen-bond acceptors (Lipinski definition) is 1. The molecule has 1 aliphatic carbocycles. The summed E-state index contributed by atoms with van der Waals surface area (Å²) in [5, 5.41) is 0. The first-order valence-electron chi connectivity index (χ1n) is 7.74. The number of likely N-dealkylation sites (tertiary alicyclic amines) is 1. The summed E-state index contributed by atoms with van der Waals surface area (Å²) in [6.45, 7) is 2.68. The summed E-state index contributed by atoms with van der Waals surface area (Å²) in [5.74, 6) is 0.790. The molecule has 0 amide bonds. The first kappa shape index (κ1) is 12.2. The Hall–Kier alpha value is -0.820. The summed E-state index contributed by atoms with van der Waals surface area (Å²) in [5.41, 5.74) is 1.58. The third-order valence-corrected chi connectivity index (χ3v) is 4.82. The highest BCUT2D eigenvalue weighted by atomic mass is 15.2. The zero-order valence-corrected chi connectivity index (χ0v) is 11.4. The Bertz CT molecular complexity index is 353. The molecule has 2 aliphatic rings. The van der Waals surface area contributed by atoms with E-state index < -0.39 is 0 Å². The summed E-state index contributed by atoms with van der Waals surface area (Å²) >= 11 is 0. The Morgan fingerprint density at radius 2 is 1.50 bits per heavy atom. The van der Waals surface area contributed by atoms with E-state index >= 15 is 0 Å². The van der Waals surface area contributed by atoms with Crippen molar-refractivity contribution in [3.63, 3.8) is 0 Å². The average Bonchev–Trinajstić information content (AvgIpc) is 2.49. The number of nitrogens with zero attached hydrogens (tertiary/aromatic N) is 1. The van der Waals surface area contributed by atoms with Crippen molar-refractivity contribution in [2.75, 3.05) is 13.1 Å². The first-order valence-corrected chi connectivity index (χ1v) is 7.74. The highest BCUT2D eigenvalue weighted by Gasteiger charge is 2.31. The van der Waals surface area contributed by atoms with Crippen LogP contribution in [-0.4, -0.2) is 24.0 Å². The fourth-order valence-electron chi connectivity index (χ4n) is 3.89. The van der Waals surface area contributed by atoms with Gasteiger partial charge in [0.1, 0.15) is 0 Å². The first-order chi connectivity index (χ1) is 8.95. The van der Waals surface area contributed by atoms with Gasteiger partial charge in [0.05, 0.1) is 0 Å². The van der Waals surface area contributed by atoms with Crippen LogP contribution in [0.2, 0.25) is 0 Å². The van der Waals surface area contributed by atoms with Gasteiger partial charge in [0, 0.05) is 6.04 Å². The van der Waals surface area contributed by atoms with Crippen LogP contribution < -0.4 is 0 Å². The maximum absolute atomic E-state index is 2.79. The van der Waals surface area contributed by atoms with E-state index in [1.54, 1.807) is 5.56 Å². The van der Waals surface area contributed by atoms with Crippen LogP contribution in [0.25, 0.3) is 0 Å². The molecule has 0 bridgehead atoms. The Labute approximate surface area is 111 Å². The van der Waals surface area contributed by atoms with E-state index in [1.807, 2.05) is 0 Å². The van der Waals surface area contributed by atoms with Crippen LogP contribution in [0, 0.1) is 0 Å². The molecular weight excluding hydrogens is 218 g/mol. The van der Waals surface area contributed by atoms with Crippen molar-refractivity contribution in [3.05, 3.63) is 35.9 Å². The second-order valence-electron chi connectivity index (χ2n) is 5.97. The minimum atomic E-state index is 0.790. The van der Waals surface area contributed by atoms with Gasteiger partial charge in [-0.3, -0.25) is 4.90 Å². The van der Waals surface area contributed by atoms with Crippen LogP contribution >= 0.6 is 0 Å². The zero-order chi connectivity index (χ0) is 12.2. The van der Waals surface area contributed by atoms with E-state index in [4.69, 9.17) is 0 Å². The molecule has 1 aromatic carbocycles. The Balaban J connectivity index is 1.77. The molecule has 0 spiro atoms. The van der Waals surface area contributed by atoms with E-state index in [0.717, 1.165) is 12.0 Å². The van der Waals surface area contributed by atoms with Crippen LogP contribution in [0.1, 0.15) is 56.4 Å². The van der Waals surface area contributed by atoms with Gasteiger partial charge < -0.3 is 0 Å². The SMILES string of the molecule is c1ccc([C@@H]2CCCC[C@@H]2N2CCCCC2)cc1. The zero-order valence-electron chi connectivity index (χ0n) is 11.4. The summed E-state index contributed by atoms with van der Waals surface area (Å²) in [6.07, 6.45) is 9.94. The van der Waals surface area contributed by atoms with E-state index in [2.05, 4.69) is 35.2 Å². The monoisotopic (exact) mass is 243 g/mol. The highest BCUT2D eigenvalue weighted by Crippen LogP contribution is 2.37. The molecule has 2 fully saturated rings. The predicted molar refractivity (Wildman–Crippen MR) is 76.9 cm³/mol. The molecule has 18 heavy (non-hydrogen) atoms. The van der Waals surface area contributed by atoms with Crippen molar-refractivity contribution in [2.24, 2.45) is 0 Å². The molecule has 1 aliphatic heterocycles. The minimum Gasteiger partial charge on any atom is -0.300 e. The van der Waals surface area contributed by atoms with Crippen LogP contribution in [0.15, 0.2) is 30.3 Å². The Kier molecular flexibility index (Phi) is 3.99. The van der Waals surface area contributed by atoms with Crippen molar-refractivity contribution in [1.82, 2.24) is 4.90 Å². The predicted octanol–water partition coefficient (Wildman–Crippen LogP) is 4.20. The molecule has 1 saturated heterocycles. The fraction of sp³-hybridized carbons (Fsp3) is 0.647. The molecule has 2 atom stereocenters. The molecular formula is C17H25N. The molecule has 1 saturated carbocycles. The molecule has 0 radical (unpaired) electrons. The quantitative estimate of drug-likeness (QED) is 0.752. The van der Waals surface area contributed by atoms with Crippen LogP contribution in [-0.2, 0) is 0 Å². The lowest BCUT2D eigenvalue weighted by atomic mass is 9.78. The van der Waals surface area contributed by atoms with Crippen molar-refractivity contribution in [1.29, 1.82) is 0 Å². The topological polar surface area (TPSA) is 3.24 Å².